The van der Waals surface area contributed by atoms with E-state index in [1.165, 1.54) is 18.4 Å². The fourth-order valence-corrected chi connectivity index (χ4v) is 1.07. The molecule has 0 unspecified atom stereocenters. The van der Waals surface area contributed by atoms with Gasteiger partial charge < -0.3 is 17.0 Å². The predicted octanol–water partition coefficient (Wildman–Crippen LogP) is -0.556. The molecule has 0 N–H and O–H groups in total. The normalized spacial score (nSPS) is 8.08. The van der Waals surface area contributed by atoms with Gasteiger partial charge in [0.05, 0.1) is 0 Å². The molecular formula is C10H13BrMg. The Labute approximate surface area is 102 Å². The molecule has 0 amide bonds. The second-order valence-corrected chi connectivity index (χ2v) is 2.57. The summed E-state index contributed by atoms with van der Waals surface area (Å²) in [6.45, 7) is 6.05. The van der Waals surface area contributed by atoms with Gasteiger partial charge in [-0.3, -0.25) is 0 Å². The molecule has 0 fully saturated rings. The third kappa shape index (κ3) is 5.07. The topological polar surface area (TPSA) is 0 Å². The van der Waals surface area contributed by atoms with Crippen molar-refractivity contribution in [2.75, 3.05) is 0 Å². The maximum absolute atomic E-state index is 3.86. The number of aryl methyl sites for hydroxylation is 1. The molecule has 0 aliphatic rings. The van der Waals surface area contributed by atoms with Gasteiger partial charge in [-0.15, -0.1) is 11.6 Å². The summed E-state index contributed by atoms with van der Waals surface area (Å²) in [5, 5.41) is 0. The molecule has 0 heterocycles. The van der Waals surface area contributed by atoms with Crippen molar-refractivity contribution in [2.45, 2.75) is 19.8 Å². The van der Waals surface area contributed by atoms with Crippen molar-refractivity contribution in [3.8, 4) is 0 Å². The van der Waals surface area contributed by atoms with E-state index in [1.807, 2.05) is 6.07 Å². The first-order valence-corrected chi connectivity index (χ1v) is 3.74. The summed E-state index contributed by atoms with van der Waals surface area (Å²) < 4.78 is 0. The number of hydrogen-bond donors (Lipinski definition) is 0. The molecule has 1 rings (SSSR count). The van der Waals surface area contributed by atoms with E-state index in [1.54, 1.807) is 0 Å². The SMILES string of the molecule is [Br-].[CH2-]c1cccc(CCC)c1.[Mg+2]. The molecule has 12 heavy (non-hydrogen) atoms. The zero-order valence-corrected chi connectivity index (χ0v) is 10.5. The summed E-state index contributed by atoms with van der Waals surface area (Å²) in [4.78, 5) is 0. The fraction of sp³-hybridized carbons (Fsp3) is 0.300. The van der Waals surface area contributed by atoms with Gasteiger partial charge in [-0.2, -0.15) is 24.6 Å². The average molecular weight is 237 g/mol. The number of hydrogen-bond acceptors (Lipinski definition) is 0. The van der Waals surface area contributed by atoms with Gasteiger partial charge in [-0.05, 0) is 6.42 Å². The summed E-state index contributed by atoms with van der Waals surface area (Å²) in [5.74, 6) is 0. The Morgan fingerprint density at radius 3 is 2.50 bits per heavy atom. The van der Waals surface area contributed by atoms with Crippen LogP contribution in [0.4, 0.5) is 0 Å². The molecule has 0 nitrogen and oxygen atoms in total. The molecule has 0 saturated heterocycles. The van der Waals surface area contributed by atoms with Gasteiger partial charge in [0.25, 0.3) is 0 Å². The van der Waals surface area contributed by atoms with Gasteiger partial charge in [-0.1, -0.05) is 19.4 Å². The minimum absolute atomic E-state index is 0. The summed E-state index contributed by atoms with van der Waals surface area (Å²) in [6.07, 6.45) is 2.38. The smallest absolute Gasteiger partial charge is 1.00 e. The Hall–Kier alpha value is 0.336. The molecular weight excluding hydrogens is 224 g/mol. The first-order chi connectivity index (χ1) is 4.83. The first-order valence-electron chi connectivity index (χ1n) is 3.74. The summed E-state index contributed by atoms with van der Waals surface area (Å²) in [7, 11) is 0. The van der Waals surface area contributed by atoms with E-state index in [0.717, 1.165) is 5.56 Å². The van der Waals surface area contributed by atoms with Crippen molar-refractivity contribution in [1.29, 1.82) is 0 Å². The van der Waals surface area contributed by atoms with Crippen LogP contribution in [0.15, 0.2) is 24.3 Å². The van der Waals surface area contributed by atoms with Crippen LogP contribution in [0.25, 0.3) is 0 Å². The molecule has 0 bridgehead atoms. The molecule has 0 spiro atoms. The zero-order chi connectivity index (χ0) is 7.40. The molecule has 0 aliphatic heterocycles. The van der Waals surface area contributed by atoms with Crippen LogP contribution in [0, 0.1) is 6.92 Å². The first kappa shape index (κ1) is 14.8. The Bertz CT molecular complexity index is 211. The number of halogens is 1. The van der Waals surface area contributed by atoms with Crippen LogP contribution < -0.4 is 17.0 Å². The van der Waals surface area contributed by atoms with E-state index in [2.05, 4.69) is 32.0 Å². The van der Waals surface area contributed by atoms with Crippen LogP contribution in [0.1, 0.15) is 24.5 Å². The Kier molecular flexibility index (Phi) is 9.84. The maximum Gasteiger partial charge on any atom is 2.00 e. The van der Waals surface area contributed by atoms with Crippen molar-refractivity contribution in [3.05, 3.63) is 42.3 Å². The zero-order valence-electron chi connectivity index (χ0n) is 7.52. The minimum Gasteiger partial charge on any atom is -1.00 e. The summed E-state index contributed by atoms with van der Waals surface area (Å²) in [5.41, 5.74) is 2.51. The van der Waals surface area contributed by atoms with Crippen LogP contribution in [0.3, 0.4) is 0 Å². The second kappa shape index (κ2) is 7.96. The standard InChI is InChI=1S/C10H13.BrH.Mg/c1-3-5-10-7-4-6-9(2)8-10;;/h4,6-8H,2-3,5H2,1H3;1H;/q-1;;+2/p-1. The van der Waals surface area contributed by atoms with Gasteiger partial charge in [0.2, 0.25) is 0 Å². The van der Waals surface area contributed by atoms with Crippen molar-refractivity contribution >= 4 is 23.1 Å². The monoisotopic (exact) mass is 236 g/mol. The van der Waals surface area contributed by atoms with Gasteiger partial charge in [0.1, 0.15) is 0 Å². The Morgan fingerprint density at radius 2 is 2.00 bits per heavy atom. The largest absolute Gasteiger partial charge is 2.00 e. The summed E-state index contributed by atoms with van der Waals surface area (Å²) in [6, 6.07) is 8.38. The predicted molar refractivity (Wildman–Crippen MR) is 50.7 cm³/mol. The van der Waals surface area contributed by atoms with Crippen molar-refractivity contribution < 1.29 is 17.0 Å². The van der Waals surface area contributed by atoms with E-state index in [4.69, 9.17) is 0 Å². The fourth-order valence-electron chi connectivity index (χ4n) is 1.07. The van der Waals surface area contributed by atoms with Gasteiger partial charge in [0.15, 0.2) is 0 Å². The van der Waals surface area contributed by atoms with Crippen LogP contribution in [0.2, 0.25) is 0 Å². The van der Waals surface area contributed by atoms with Crippen LogP contribution in [0.5, 0.6) is 0 Å². The quantitative estimate of drug-likeness (QED) is 0.478. The molecule has 62 valence electrons. The molecule has 1 aromatic rings. The Balaban J connectivity index is 0. The van der Waals surface area contributed by atoms with Crippen LogP contribution >= 0.6 is 0 Å². The van der Waals surface area contributed by atoms with Crippen molar-refractivity contribution in [3.63, 3.8) is 0 Å². The van der Waals surface area contributed by atoms with Gasteiger partial charge >= 0.3 is 23.1 Å². The molecule has 0 aliphatic carbocycles. The molecule has 1 aromatic carbocycles. The van der Waals surface area contributed by atoms with Gasteiger partial charge in [0, 0.05) is 0 Å². The molecule has 0 saturated carbocycles. The molecule has 0 atom stereocenters. The molecule has 0 aromatic heterocycles. The van der Waals surface area contributed by atoms with E-state index >= 15 is 0 Å². The summed E-state index contributed by atoms with van der Waals surface area (Å²) >= 11 is 0. The van der Waals surface area contributed by atoms with Crippen molar-refractivity contribution in [2.24, 2.45) is 0 Å². The number of rotatable bonds is 2. The maximum atomic E-state index is 3.86. The minimum atomic E-state index is 0. The third-order valence-corrected chi connectivity index (χ3v) is 1.53. The Morgan fingerprint density at radius 1 is 1.33 bits per heavy atom. The molecule has 0 radical (unpaired) electrons. The van der Waals surface area contributed by atoms with Gasteiger partial charge in [-0.25, -0.2) is 0 Å². The van der Waals surface area contributed by atoms with E-state index < -0.39 is 0 Å². The average Bonchev–Trinajstić information content (AvgIpc) is 1.88. The third-order valence-electron chi connectivity index (χ3n) is 1.53. The van der Waals surface area contributed by atoms with E-state index in [9.17, 15) is 0 Å². The molecule has 2 heteroatoms. The number of benzene rings is 1. The van der Waals surface area contributed by atoms with Crippen LogP contribution in [-0.2, 0) is 6.42 Å². The van der Waals surface area contributed by atoms with Crippen LogP contribution in [-0.4, -0.2) is 23.1 Å². The van der Waals surface area contributed by atoms with Crippen molar-refractivity contribution in [1.82, 2.24) is 0 Å². The second-order valence-electron chi connectivity index (χ2n) is 2.57. The van der Waals surface area contributed by atoms with E-state index in [0.29, 0.717) is 0 Å². The van der Waals surface area contributed by atoms with E-state index in [-0.39, 0.29) is 40.0 Å².